The molecule has 3 aromatic rings. The van der Waals surface area contributed by atoms with Gasteiger partial charge in [-0.1, -0.05) is 12.1 Å². The lowest BCUT2D eigenvalue weighted by molar-refractivity contribution is -0.384. The highest BCUT2D eigenvalue weighted by atomic mass is 32.1. The van der Waals surface area contributed by atoms with Gasteiger partial charge in [0, 0.05) is 17.8 Å². The molecular weight excluding hydrogens is 334 g/mol. The lowest BCUT2D eigenvalue weighted by atomic mass is 10.2. The number of aromatic nitrogens is 1. The maximum absolute atomic E-state index is 12.4. The molecule has 0 unspecified atom stereocenters. The van der Waals surface area contributed by atoms with Crippen molar-refractivity contribution in [3.8, 4) is 9.88 Å². The molecule has 3 rings (SSSR count). The highest BCUT2D eigenvalue weighted by molar-refractivity contribution is 7.22. The number of carbonyl (C=O) groups excluding carboxylic acids is 1. The number of nitrogens with zero attached hydrogens (tertiary/aromatic N) is 2. The molecule has 2 heterocycles. The SMILES string of the molecule is Cc1nc(-c2cccs2)sc1C(=O)Nc1cccc([N+](=O)[O-])c1. The molecule has 1 amide bonds. The molecule has 6 nitrogen and oxygen atoms in total. The van der Waals surface area contributed by atoms with Crippen LogP contribution in [0.3, 0.4) is 0 Å². The van der Waals surface area contributed by atoms with Gasteiger partial charge in [0.05, 0.1) is 15.5 Å². The van der Waals surface area contributed by atoms with E-state index in [-0.39, 0.29) is 11.6 Å². The molecule has 0 aliphatic rings. The van der Waals surface area contributed by atoms with E-state index in [0.717, 1.165) is 9.88 Å². The zero-order valence-corrected chi connectivity index (χ0v) is 13.6. The molecule has 2 aromatic heterocycles. The lowest BCUT2D eigenvalue weighted by Crippen LogP contribution is -2.11. The Morgan fingerprint density at radius 1 is 1.30 bits per heavy atom. The molecule has 0 bridgehead atoms. The minimum Gasteiger partial charge on any atom is -0.321 e. The number of non-ortho nitro benzene ring substituents is 1. The normalized spacial score (nSPS) is 10.5. The molecule has 1 N–H and O–H groups in total. The van der Waals surface area contributed by atoms with E-state index in [1.54, 1.807) is 24.3 Å². The summed E-state index contributed by atoms with van der Waals surface area (Å²) >= 11 is 2.87. The molecule has 0 radical (unpaired) electrons. The molecule has 0 saturated heterocycles. The standard InChI is InChI=1S/C15H11N3O3S2/c1-9-13(23-15(16-9)12-6-3-7-22-12)14(19)17-10-4-2-5-11(8-10)18(20)21/h2-8H,1H3,(H,17,19). The fourth-order valence-electron chi connectivity index (χ4n) is 2.00. The van der Waals surface area contributed by atoms with E-state index in [4.69, 9.17) is 0 Å². The average molecular weight is 345 g/mol. The predicted octanol–water partition coefficient (Wildman–Crippen LogP) is 4.34. The van der Waals surface area contributed by atoms with Crippen molar-refractivity contribution < 1.29 is 9.72 Å². The zero-order chi connectivity index (χ0) is 16.4. The Labute approximate surface area is 139 Å². The molecule has 0 fully saturated rings. The van der Waals surface area contributed by atoms with Gasteiger partial charge in [-0.15, -0.1) is 22.7 Å². The molecule has 8 heteroatoms. The van der Waals surface area contributed by atoms with Crippen molar-refractivity contribution in [3.05, 3.63) is 62.5 Å². The molecule has 0 aliphatic heterocycles. The fourth-order valence-corrected chi connectivity index (χ4v) is 3.76. The summed E-state index contributed by atoms with van der Waals surface area (Å²) in [5.41, 5.74) is 0.958. The second kappa shape index (κ2) is 6.27. The van der Waals surface area contributed by atoms with Gasteiger partial charge in [-0.3, -0.25) is 14.9 Å². The van der Waals surface area contributed by atoms with Crippen LogP contribution in [0, 0.1) is 17.0 Å². The summed E-state index contributed by atoms with van der Waals surface area (Å²) in [4.78, 5) is 28.6. The highest BCUT2D eigenvalue weighted by Gasteiger charge is 2.17. The van der Waals surface area contributed by atoms with E-state index in [1.165, 1.54) is 29.5 Å². The van der Waals surface area contributed by atoms with Gasteiger partial charge in [-0.05, 0) is 24.4 Å². The number of anilines is 1. The van der Waals surface area contributed by atoms with Crippen LogP contribution < -0.4 is 5.32 Å². The van der Waals surface area contributed by atoms with Gasteiger partial charge in [-0.2, -0.15) is 0 Å². The fraction of sp³-hybridized carbons (Fsp3) is 0.0667. The monoisotopic (exact) mass is 345 g/mol. The lowest BCUT2D eigenvalue weighted by Gasteiger charge is -2.03. The van der Waals surface area contributed by atoms with Crippen LogP contribution in [0.4, 0.5) is 11.4 Å². The van der Waals surface area contributed by atoms with Crippen molar-refractivity contribution >= 4 is 40.0 Å². The molecule has 0 aliphatic carbocycles. The Balaban J connectivity index is 1.84. The maximum Gasteiger partial charge on any atom is 0.271 e. The van der Waals surface area contributed by atoms with Crippen molar-refractivity contribution in [2.45, 2.75) is 6.92 Å². The summed E-state index contributed by atoms with van der Waals surface area (Å²) in [6, 6.07) is 9.73. The van der Waals surface area contributed by atoms with E-state index < -0.39 is 4.92 Å². The van der Waals surface area contributed by atoms with Crippen LogP contribution in [0.1, 0.15) is 15.4 Å². The molecule has 0 saturated carbocycles. The highest BCUT2D eigenvalue weighted by Crippen LogP contribution is 2.31. The molecular formula is C15H11N3O3S2. The summed E-state index contributed by atoms with van der Waals surface area (Å²) in [7, 11) is 0. The van der Waals surface area contributed by atoms with Crippen molar-refractivity contribution in [1.29, 1.82) is 0 Å². The summed E-state index contributed by atoms with van der Waals surface area (Å²) in [5, 5.41) is 16.2. The van der Waals surface area contributed by atoms with Gasteiger partial charge in [0.2, 0.25) is 0 Å². The van der Waals surface area contributed by atoms with E-state index in [1.807, 2.05) is 17.5 Å². The number of carbonyl (C=O) groups is 1. The van der Waals surface area contributed by atoms with Gasteiger partial charge in [0.1, 0.15) is 9.88 Å². The summed E-state index contributed by atoms with van der Waals surface area (Å²) in [5.74, 6) is -0.316. The van der Waals surface area contributed by atoms with Crippen molar-refractivity contribution in [2.24, 2.45) is 0 Å². The summed E-state index contributed by atoms with van der Waals surface area (Å²) in [6.07, 6.45) is 0. The summed E-state index contributed by atoms with van der Waals surface area (Å²) in [6.45, 7) is 1.77. The van der Waals surface area contributed by atoms with E-state index >= 15 is 0 Å². The molecule has 1 aromatic carbocycles. The van der Waals surface area contributed by atoms with Crippen molar-refractivity contribution in [3.63, 3.8) is 0 Å². The van der Waals surface area contributed by atoms with Crippen molar-refractivity contribution in [2.75, 3.05) is 5.32 Å². The minimum atomic E-state index is -0.498. The average Bonchev–Trinajstić information content (AvgIpc) is 3.16. The number of nitrogens with one attached hydrogen (secondary N) is 1. The van der Waals surface area contributed by atoms with Crippen LogP contribution >= 0.6 is 22.7 Å². The Kier molecular flexibility index (Phi) is 4.18. The largest absolute Gasteiger partial charge is 0.321 e. The van der Waals surface area contributed by atoms with Crippen LogP contribution in [-0.4, -0.2) is 15.8 Å². The Morgan fingerprint density at radius 2 is 2.13 bits per heavy atom. The smallest absolute Gasteiger partial charge is 0.271 e. The number of amides is 1. The first-order valence-corrected chi connectivity index (χ1v) is 8.31. The number of benzene rings is 1. The van der Waals surface area contributed by atoms with Crippen LogP contribution in [-0.2, 0) is 0 Å². The number of hydrogen-bond donors (Lipinski definition) is 1. The number of thiazole rings is 1. The third-order valence-corrected chi connectivity index (χ3v) is 5.24. The van der Waals surface area contributed by atoms with Crippen LogP contribution in [0.25, 0.3) is 9.88 Å². The molecule has 0 atom stereocenters. The van der Waals surface area contributed by atoms with Crippen LogP contribution in [0.5, 0.6) is 0 Å². The third-order valence-electron chi connectivity index (χ3n) is 3.05. The number of aryl methyl sites for hydroxylation is 1. The van der Waals surface area contributed by atoms with Gasteiger partial charge in [0.15, 0.2) is 0 Å². The first-order valence-electron chi connectivity index (χ1n) is 6.61. The minimum absolute atomic E-state index is 0.0666. The molecule has 0 spiro atoms. The Morgan fingerprint density at radius 3 is 2.83 bits per heavy atom. The van der Waals surface area contributed by atoms with E-state index in [2.05, 4.69) is 10.3 Å². The van der Waals surface area contributed by atoms with E-state index in [0.29, 0.717) is 16.3 Å². The quantitative estimate of drug-likeness (QED) is 0.563. The Bertz CT molecular complexity index is 872. The Hall–Kier alpha value is -2.58. The number of hydrogen-bond acceptors (Lipinski definition) is 6. The number of thiophene rings is 1. The number of rotatable bonds is 4. The van der Waals surface area contributed by atoms with Crippen LogP contribution in [0.2, 0.25) is 0 Å². The van der Waals surface area contributed by atoms with Gasteiger partial charge in [-0.25, -0.2) is 4.98 Å². The van der Waals surface area contributed by atoms with Gasteiger partial charge < -0.3 is 5.32 Å². The van der Waals surface area contributed by atoms with Crippen molar-refractivity contribution in [1.82, 2.24) is 4.98 Å². The zero-order valence-electron chi connectivity index (χ0n) is 12.0. The second-order valence-corrected chi connectivity index (χ2v) is 6.62. The summed E-state index contributed by atoms with van der Waals surface area (Å²) < 4.78 is 0. The van der Waals surface area contributed by atoms with Gasteiger partial charge >= 0.3 is 0 Å². The second-order valence-electron chi connectivity index (χ2n) is 4.67. The third kappa shape index (κ3) is 3.27. The van der Waals surface area contributed by atoms with Crippen LogP contribution in [0.15, 0.2) is 41.8 Å². The predicted molar refractivity (Wildman–Crippen MR) is 91.2 cm³/mol. The first-order chi connectivity index (χ1) is 11.0. The first kappa shape index (κ1) is 15.3. The number of nitro benzene ring substituents is 1. The molecule has 23 heavy (non-hydrogen) atoms. The number of nitro groups is 1. The molecule has 116 valence electrons. The topological polar surface area (TPSA) is 85.1 Å². The maximum atomic E-state index is 12.4. The van der Waals surface area contributed by atoms with E-state index in [9.17, 15) is 14.9 Å². The van der Waals surface area contributed by atoms with Gasteiger partial charge in [0.25, 0.3) is 11.6 Å².